The summed E-state index contributed by atoms with van der Waals surface area (Å²) in [5, 5.41) is 3.08. The summed E-state index contributed by atoms with van der Waals surface area (Å²) in [6.45, 7) is 7.33. The van der Waals surface area contributed by atoms with Crippen LogP contribution in [0.4, 0.5) is 0 Å². The van der Waals surface area contributed by atoms with Crippen LogP contribution in [-0.2, 0) is 6.54 Å². The average Bonchev–Trinajstić information content (AvgIpc) is 2.52. The first-order valence-electron chi connectivity index (χ1n) is 4.73. The SMILES string of the molecule is CNCc1ncoc1C(C)C(C)C. The lowest BCUT2D eigenvalue weighted by molar-refractivity contribution is 0.408. The van der Waals surface area contributed by atoms with Crippen molar-refractivity contribution < 1.29 is 4.42 Å². The van der Waals surface area contributed by atoms with E-state index in [-0.39, 0.29) is 0 Å². The highest BCUT2D eigenvalue weighted by atomic mass is 16.3. The molecule has 0 bridgehead atoms. The van der Waals surface area contributed by atoms with Crippen molar-refractivity contribution in [2.45, 2.75) is 33.2 Å². The van der Waals surface area contributed by atoms with Crippen LogP contribution in [0.3, 0.4) is 0 Å². The van der Waals surface area contributed by atoms with E-state index in [0.717, 1.165) is 18.0 Å². The highest BCUT2D eigenvalue weighted by Gasteiger charge is 2.17. The van der Waals surface area contributed by atoms with E-state index < -0.39 is 0 Å². The van der Waals surface area contributed by atoms with Crippen molar-refractivity contribution in [1.29, 1.82) is 0 Å². The predicted octanol–water partition coefficient (Wildman–Crippen LogP) is 2.15. The molecule has 0 aliphatic heterocycles. The van der Waals surface area contributed by atoms with Gasteiger partial charge in [-0.05, 0) is 13.0 Å². The summed E-state index contributed by atoms with van der Waals surface area (Å²) >= 11 is 0. The monoisotopic (exact) mass is 182 g/mol. The summed E-state index contributed by atoms with van der Waals surface area (Å²) in [4.78, 5) is 4.18. The number of hydrogen-bond donors (Lipinski definition) is 1. The minimum Gasteiger partial charge on any atom is -0.448 e. The molecule has 0 fully saturated rings. The maximum atomic E-state index is 5.39. The number of oxazole rings is 1. The van der Waals surface area contributed by atoms with Gasteiger partial charge in [0, 0.05) is 12.5 Å². The summed E-state index contributed by atoms with van der Waals surface area (Å²) in [5.41, 5.74) is 1.03. The van der Waals surface area contributed by atoms with Crippen LogP contribution in [0, 0.1) is 5.92 Å². The predicted molar refractivity (Wildman–Crippen MR) is 52.5 cm³/mol. The molecule has 0 aliphatic carbocycles. The molecule has 0 aliphatic rings. The molecule has 0 spiro atoms. The molecular weight excluding hydrogens is 164 g/mol. The molecule has 1 N–H and O–H groups in total. The lowest BCUT2D eigenvalue weighted by Crippen LogP contribution is -2.10. The van der Waals surface area contributed by atoms with Gasteiger partial charge >= 0.3 is 0 Å². The molecule has 1 aromatic rings. The minimum atomic E-state index is 0.436. The fourth-order valence-electron chi connectivity index (χ4n) is 1.25. The van der Waals surface area contributed by atoms with E-state index in [2.05, 4.69) is 31.1 Å². The van der Waals surface area contributed by atoms with Crippen molar-refractivity contribution in [2.24, 2.45) is 5.92 Å². The molecule has 1 unspecified atom stereocenters. The Morgan fingerprint density at radius 3 is 2.69 bits per heavy atom. The third kappa shape index (κ3) is 2.31. The van der Waals surface area contributed by atoms with Gasteiger partial charge in [-0.1, -0.05) is 20.8 Å². The molecule has 0 saturated carbocycles. The van der Waals surface area contributed by atoms with E-state index >= 15 is 0 Å². The number of nitrogens with zero attached hydrogens (tertiary/aromatic N) is 1. The Kier molecular flexibility index (Phi) is 3.48. The van der Waals surface area contributed by atoms with Crippen molar-refractivity contribution >= 4 is 0 Å². The van der Waals surface area contributed by atoms with E-state index in [9.17, 15) is 0 Å². The molecule has 3 nitrogen and oxygen atoms in total. The quantitative estimate of drug-likeness (QED) is 0.775. The molecule has 0 aromatic carbocycles. The summed E-state index contributed by atoms with van der Waals surface area (Å²) in [5.74, 6) is 2.04. The Bertz CT molecular complexity index is 255. The first-order valence-corrected chi connectivity index (χ1v) is 4.73. The number of aromatic nitrogens is 1. The Balaban J connectivity index is 2.80. The van der Waals surface area contributed by atoms with Crippen LogP contribution >= 0.6 is 0 Å². The summed E-state index contributed by atoms with van der Waals surface area (Å²) < 4.78 is 5.39. The van der Waals surface area contributed by atoms with Crippen molar-refractivity contribution in [3.8, 4) is 0 Å². The number of hydrogen-bond acceptors (Lipinski definition) is 3. The zero-order valence-corrected chi connectivity index (χ0v) is 8.79. The number of nitrogens with one attached hydrogen (secondary N) is 1. The maximum Gasteiger partial charge on any atom is 0.181 e. The van der Waals surface area contributed by atoms with Crippen molar-refractivity contribution in [3.63, 3.8) is 0 Å². The molecule has 0 radical (unpaired) electrons. The van der Waals surface area contributed by atoms with E-state index in [1.807, 2.05) is 7.05 Å². The molecule has 1 atom stereocenters. The average molecular weight is 182 g/mol. The second-order valence-corrected chi connectivity index (χ2v) is 3.73. The largest absolute Gasteiger partial charge is 0.448 e. The molecule has 1 aromatic heterocycles. The second kappa shape index (κ2) is 4.42. The Morgan fingerprint density at radius 1 is 1.46 bits per heavy atom. The van der Waals surface area contributed by atoms with Gasteiger partial charge in [-0.2, -0.15) is 0 Å². The van der Waals surface area contributed by atoms with E-state index in [4.69, 9.17) is 4.42 Å². The van der Waals surface area contributed by atoms with Crippen LogP contribution in [0.15, 0.2) is 10.8 Å². The molecule has 0 saturated heterocycles. The van der Waals surface area contributed by atoms with Crippen LogP contribution in [0.5, 0.6) is 0 Å². The Labute approximate surface area is 79.5 Å². The Morgan fingerprint density at radius 2 is 2.15 bits per heavy atom. The van der Waals surface area contributed by atoms with Crippen LogP contribution < -0.4 is 5.32 Å². The van der Waals surface area contributed by atoms with Crippen LogP contribution in [-0.4, -0.2) is 12.0 Å². The van der Waals surface area contributed by atoms with E-state index in [1.165, 1.54) is 6.39 Å². The minimum absolute atomic E-state index is 0.436. The van der Waals surface area contributed by atoms with Crippen LogP contribution in [0.1, 0.15) is 38.1 Å². The van der Waals surface area contributed by atoms with Gasteiger partial charge in [0.25, 0.3) is 0 Å². The second-order valence-electron chi connectivity index (χ2n) is 3.73. The molecule has 3 heteroatoms. The summed E-state index contributed by atoms with van der Waals surface area (Å²) in [7, 11) is 1.92. The molecule has 1 heterocycles. The van der Waals surface area contributed by atoms with Crippen molar-refractivity contribution in [3.05, 3.63) is 17.8 Å². The Hall–Kier alpha value is -0.830. The fourth-order valence-corrected chi connectivity index (χ4v) is 1.25. The third-order valence-corrected chi connectivity index (χ3v) is 2.43. The van der Waals surface area contributed by atoms with Gasteiger partial charge in [0.1, 0.15) is 5.76 Å². The van der Waals surface area contributed by atoms with Crippen molar-refractivity contribution in [2.75, 3.05) is 7.05 Å². The zero-order valence-electron chi connectivity index (χ0n) is 8.79. The highest BCUT2D eigenvalue weighted by Crippen LogP contribution is 2.25. The smallest absolute Gasteiger partial charge is 0.181 e. The van der Waals surface area contributed by atoms with Crippen LogP contribution in [0.2, 0.25) is 0 Å². The molecular formula is C10H18N2O. The first-order chi connectivity index (χ1) is 6.16. The van der Waals surface area contributed by atoms with Gasteiger partial charge in [-0.25, -0.2) is 4.98 Å². The van der Waals surface area contributed by atoms with Gasteiger partial charge in [-0.15, -0.1) is 0 Å². The third-order valence-electron chi connectivity index (χ3n) is 2.43. The van der Waals surface area contributed by atoms with Gasteiger partial charge in [0.15, 0.2) is 6.39 Å². The maximum absolute atomic E-state index is 5.39. The number of rotatable bonds is 4. The normalized spacial score (nSPS) is 13.6. The standard InChI is InChI=1S/C10H18N2O/c1-7(2)8(3)10-9(5-11-4)12-6-13-10/h6-8,11H,5H2,1-4H3. The zero-order chi connectivity index (χ0) is 9.84. The fraction of sp³-hybridized carbons (Fsp3) is 0.700. The summed E-state index contributed by atoms with van der Waals surface area (Å²) in [6.07, 6.45) is 1.53. The molecule has 13 heavy (non-hydrogen) atoms. The summed E-state index contributed by atoms with van der Waals surface area (Å²) in [6, 6.07) is 0. The first kappa shape index (κ1) is 10.3. The molecule has 74 valence electrons. The molecule has 1 rings (SSSR count). The van der Waals surface area contributed by atoms with E-state index in [1.54, 1.807) is 0 Å². The van der Waals surface area contributed by atoms with Gasteiger partial charge in [0.05, 0.1) is 5.69 Å². The topological polar surface area (TPSA) is 38.1 Å². The van der Waals surface area contributed by atoms with Crippen LogP contribution in [0.25, 0.3) is 0 Å². The van der Waals surface area contributed by atoms with Gasteiger partial charge < -0.3 is 9.73 Å². The van der Waals surface area contributed by atoms with E-state index in [0.29, 0.717) is 11.8 Å². The lowest BCUT2D eigenvalue weighted by Gasteiger charge is -2.13. The van der Waals surface area contributed by atoms with Gasteiger partial charge in [-0.3, -0.25) is 0 Å². The molecule has 0 amide bonds. The lowest BCUT2D eigenvalue weighted by atomic mass is 9.94. The highest BCUT2D eigenvalue weighted by molar-refractivity contribution is 5.12. The van der Waals surface area contributed by atoms with Gasteiger partial charge in [0.2, 0.25) is 0 Å². The van der Waals surface area contributed by atoms with Crippen molar-refractivity contribution in [1.82, 2.24) is 10.3 Å².